The van der Waals surface area contributed by atoms with Crippen LogP contribution in [0.15, 0.2) is 0 Å². The van der Waals surface area contributed by atoms with Crippen LogP contribution in [0.25, 0.3) is 0 Å². The molecule has 3 nitrogen and oxygen atoms in total. The van der Waals surface area contributed by atoms with Crippen molar-refractivity contribution in [2.45, 2.75) is 0 Å². The Morgan fingerprint density at radius 2 is 1.25 bits per heavy atom. The standard InChI is InChI=1S/C3H9O3Si.Al.2H/c1-4-7(5-2)6-3;;;/h1-3H3;;;. The van der Waals surface area contributed by atoms with E-state index in [1.807, 2.05) is 0 Å². The van der Waals surface area contributed by atoms with Gasteiger partial charge in [-0.1, -0.05) is 0 Å². The van der Waals surface area contributed by atoms with Gasteiger partial charge in [-0.2, -0.15) is 0 Å². The molecular formula is C3H11AlO3Si. The Morgan fingerprint density at radius 3 is 1.25 bits per heavy atom. The van der Waals surface area contributed by atoms with Crippen molar-refractivity contribution < 1.29 is 13.3 Å². The summed E-state index contributed by atoms with van der Waals surface area (Å²) in [6, 6.07) is 0. The third-order valence-electron chi connectivity index (χ3n) is 1.11. The lowest BCUT2D eigenvalue weighted by atomic mass is 11.8. The van der Waals surface area contributed by atoms with Crippen LogP contribution in [0.3, 0.4) is 0 Å². The molecule has 48 valence electrons. The molecule has 0 radical (unpaired) electrons. The van der Waals surface area contributed by atoms with E-state index in [0.29, 0.717) is 0 Å². The molecule has 0 spiro atoms. The van der Waals surface area contributed by atoms with Crippen molar-refractivity contribution in [2.24, 2.45) is 0 Å². The van der Waals surface area contributed by atoms with Gasteiger partial charge in [-0.3, -0.25) is 0 Å². The topological polar surface area (TPSA) is 27.7 Å². The van der Waals surface area contributed by atoms with E-state index in [-0.39, 0.29) is 0 Å². The Morgan fingerprint density at radius 1 is 1.00 bits per heavy atom. The van der Waals surface area contributed by atoms with Crippen LogP contribution in [-0.2, 0) is 13.3 Å². The van der Waals surface area contributed by atoms with Gasteiger partial charge in [0.15, 0.2) is 0 Å². The summed E-state index contributed by atoms with van der Waals surface area (Å²) >= 11 is 0.843. The van der Waals surface area contributed by atoms with Crippen LogP contribution in [0.1, 0.15) is 0 Å². The summed E-state index contributed by atoms with van der Waals surface area (Å²) in [5.41, 5.74) is 0. The fraction of sp³-hybridized carbons (Fsp3) is 1.00. The average molecular weight is 150 g/mol. The first-order valence-electron chi connectivity index (χ1n) is 2.34. The Balaban J connectivity index is 3.58. The van der Waals surface area contributed by atoms with Gasteiger partial charge < -0.3 is 13.3 Å². The fourth-order valence-corrected chi connectivity index (χ4v) is 0.750. The zero-order chi connectivity index (χ0) is 6.62. The van der Waals surface area contributed by atoms with Crippen LogP contribution < -0.4 is 0 Å². The highest BCUT2D eigenvalue weighted by Gasteiger charge is 2.27. The van der Waals surface area contributed by atoms with Gasteiger partial charge in [-0.15, -0.1) is 0 Å². The maximum atomic E-state index is 4.99. The summed E-state index contributed by atoms with van der Waals surface area (Å²) in [6.07, 6.45) is 0. The lowest BCUT2D eigenvalue weighted by Gasteiger charge is -2.20. The van der Waals surface area contributed by atoms with Gasteiger partial charge in [0.05, 0.1) is 0 Å². The highest BCUT2D eigenvalue weighted by molar-refractivity contribution is 7.05. The molecular weight excluding hydrogens is 139 g/mol. The Kier molecular flexibility index (Phi) is 3.90. The summed E-state index contributed by atoms with van der Waals surface area (Å²) in [6.45, 7) is 0. The molecule has 0 bridgehead atoms. The second-order valence-electron chi connectivity index (χ2n) is 1.47. The zero-order valence-electron chi connectivity index (χ0n) is 5.72. The molecule has 0 rings (SSSR count). The van der Waals surface area contributed by atoms with E-state index >= 15 is 0 Å². The largest absolute Gasteiger partial charge is 0.388 e. The monoisotopic (exact) mass is 150 g/mol. The van der Waals surface area contributed by atoms with E-state index in [9.17, 15) is 0 Å². The van der Waals surface area contributed by atoms with Crippen LogP contribution >= 0.6 is 0 Å². The zero-order valence-corrected chi connectivity index (χ0v) is 8.72. The van der Waals surface area contributed by atoms with Gasteiger partial charge in [0.1, 0.15) is 0 Å². The quantitative estimate of drug-likeness (QED) is 0.483. The Labute approximate surface area is 58.2 Å². The Bertz CT molecular complexity index is 57.3. The first-order valence-corrected chi connectivity index (χ1v) is 7.56. The second-order valence-corrected chi connectivity index (χ2v) is 8.10. The van der Waals surface area contributed by atoms with Crippen LogP contribution in [-0.4, -0.2) is 44.3 Å². The van der Waals surface area contributed by atoms with Crippen molar-refractivity contribution >= 4 is 23.0 Å². The van der Waals surface area contributed by atoms with Crippen molar-refractivity contribution in [1.29, 1.82) is 0 Å². The van der Waals surface area contributed by atoms with Crippen molar-refractivity contribution in [3.8, 4) is 0 Å². The van der Waals surface area contributed by atoms with E-state index in [2.05, 4.69) is 0 Å². The number of hydrogen-bond acceptors (Lipinski definition) is 3. The molecule has 0 N–H and O–H groups in total. The summed E-state index contributed by atoms with van der Waals surface area (Å²) in [4.78, 5) is 0. The molecule has 0 aliphatic rings. The minimum Gasteiger partial charge on any atom is -0.388 e. The number of hydrogen-bond donors (Lipinski definition) is 0. The third kappa shape index (κ3) is 2.27. The van der Waals surface area contributed by atoms with Gasteiger partial charge in [0, 0.05) is 21.3 Å². The summed E-state index contributed by atoms with van der Waals surface area (Å²) in [7, 11) is 2.82. The van der Waals surface area contributed by atoms with Gasteiger partial charge in [-0.05, 0) is 0 Å². The first kappa shape index (κ1) is 8.63. The minimum atomic E-state index is -2.03. The van der Waals surface area contributed by atoms with Gasteiger partial charge >= 0.3 is 23.0 Å². The summed E-state index contributed by atoms with van der Waals surface area (Å²) in [5, 5.41) is 0. The maximum Gasteiger partial charge on any atom is 0.383 e. The van der Waals surface area contributed by atoms with Crippen LogP contribution in [0.5, 0.6) is 0 Å². The molecule has 0 aliphatic heterocycles. The fourth-order valence-electron chi connectivity index (χ4n) is 0.250. The van der Waals surface area contributed by atoms with E-state index < -0.39 is 7.36 Å². The SMILES string of the molecule is CO[Si]([AlH2])(OC)OC. The third-order valence-corrected chi connectivity index (χ3v) is 7.01. The predicted octanol–water partition coefficient (Wildman–Crippen LogP) is -1.01. The lowest BCUT2D eigenvalue weighted by Crippen LogP contribution is -2.43. The molecule has 0 saturated heterocycles. The van der Waals surface area contributed by atoms with Gasteiger partial charge in [0.25, 0.3) is 0 Å². The summed E-state index contributed by atoms with van der Waals surface area (Å²) < 4.78 is 15.0. The van der Waals surface area contributed by atoms with E-state index in [1.54, 1.807) is 21.3 Å². The molecule has 0 aromatic heterocycles. The highest BCUT2D eigenvalue weighted by Crippen LogP contribution is 1.96. The lowest BCUT2D eigenvalue weighted by molar-refractivity contribution is 0.149. The number of rotatable bonds is 3. The molecule has 8 heavy (non-hydrogen) atoms. The molecule has 5 heteroatoms. The highest BCUT2D eigenvalue weighted by atomic mass is 28.9. The maximum absolute atomic E-state index is 4.99. The van der Waals surface area contributed by atoms with E-state index in [1.165, 1.54) is 0 Å². The van der Waals surface area contributed by atoms with Crippen LogP contribution in [0.4, 0.5) is 0 Å². The molecule has 0 saturated carbocycles. The molecule has 0 aromatic rings. The van der Waals surface area contributed by atoms with Crippen molar-refractivity contribution in [3.05, 3.63) is 0 Å². The van der Waals surface area contributed by atoms with Crippen molar-refractivity contribution in [2.75, 3.05) is 21.3 Å². The molecule has 0 unspecified atom stereocenters. The smallest absolute Gasteiger partial charge is 0.383 e. The van der Waals surface area contributed by atoms with Gasteiger partial charge in [0.2, 0.25) is 0 Å². The molecule has 0 amide bonds. The molecule has 0 heterocycles. The van der Waals surface area contributed by atoms with E-state index in [0.717, 1.165) is 15.6 Å². The molecule has 0 fully saturated rings. The molecule has 0 aromatic carbocycles. The molecule has 0 atom stereocenters. The van der Waals surface area contributed by atoms with E-state index in [4.69, 9.17) is 13.3 Å². The summed E-state index contributed by atoms with van der Waals surface area (Å²) in [5.74, 6) is 0. The molecule has 0 aliphatic carbocycles. The Hall–Kier alpha value is 0.629. The second kappa shape index (κ2) is 3.62. The average Bonchev–Trinajstić information content (AvgIpc) is 1.87. The van der Waals surface area contributed by atoms with Crippen molar-refractivity contribution in [1.82, 2.24) is 0 Å². The first-order chi connectivity index (χ1) is 3.68. The normalized spacial score (nSPS) is 11.9. The van der Waals surface area contributed by atoms with Crippen LogP contribution in [0, 0.1) is 0 Å². The minimum absolute atomic E-state index is 0.843. The van der Waals surface area contributed by atoms with Crippen LogP contribution in [0.2, 0.25) is 0 Å². The van der Waals surface area contributed by atoms with Gasteiger partial charge in [-0.25, -0.2) is 0 Å². The van der Waals surface area contributed by atoms with Crippen molar-refractivity contribution in [3.63, 3.8) is 0 Å². The predicted molar refractivity (Wildman–Crippen MR) is 35.3 cm³/mol.